The fourth-order valence-electron chi connectivity index (χ4n) is 1.97. The van der Waals surface area contributed by atoms with Crippen LogP contribution in [0.25, 0.3) is 0 Å². The molecule has 0 radical (unpaired) electrons. The van der Waals surface area contributed by atoms with Crippen molar-refractivity contribution in [1.82, 2.24) is 4.31 Å². The van der Waals surface area contributed by atoms with E-state index >= 15 is 0 Å². The Balaban J connectivity index is 3.57. The molecule has 0 aliphatic carbocycles. The Kier molecular flexibility index (Phi) is 5.32. The summed E-state index contributed by atoms with van der Waals surface area (Å²) >= 11 is -3.14. The summed E-state index contributed by atoms with van der Waals surface area (Å²) in [6.07, 6.45) is 0.247. The lowest BCUT2D eigenvalue weighted by Crippen LogP contribution is -2.50. The van der Waals surface area contributed by atoms with Gasteiger partial charge in [-0.05, 0) is 24.1 Å². The highest BCUT2D eigenvalue weighted by Gasteiger charge is 2.49. The van der Waals surface area contributed by atoms with Crippen molar-refractivity contribution in [3.63, 3.8) is 0 Å². The van der Waals surface area contributed by atoms with Gasteiger partial charge in [0.05, 0.1) is 12.3 Å². The van der Waals surface area contributed by atoms with Crippen LogP contribution in [-0.4, -0.2) is 37.0 Å². The smallest absolute Gasteiger partial charge is 0.413 e. The molecule has 0 saturated heterocycles. The van der Waals surface area contributed by atoms with Crippen molar-refractivity contribution in [3.8, 4) is 0 Å². The van der Waals surface area contributed by atoms with Gasteiger partial charge in [0, 0.05) is 11.3 Å². The molecule has 20 heavy (non-hydrogen) atoms. The molecule has 1 unspecified atom stereocenters. The molecule has 0 saturated carbocycles. The van der Waals surface area contributed by atoms with E-state index < -0.39 is 35.7 Å². The summed E-state index contributed by atoms with van der Waals surface area (Å²) in [5, 5.41) is 9.10. The highest BCUT2D eigenvalue weighted by atomic mass is 32.2. The molecular formula is C12H13F3NO3S-. The Hall–Kier alpha value is -1.38. The number of allylic oxidation sites excluding steroid dienone is 4. The van der Waals surface area contributed by atoms with Gasteiger partial charge in [-0.25, -0.2) is 0 Å². The van der Waals surface area contributed by atoms with Crippen molar-refractivity contribution in [1.29, 1.82) is 0 Å². The minimum Gasteiger partial charge on any atom is -0.755 e. The van der Waals surface area contributed by atoms with Gasteiger partial charge in [-0.1, -0.05) is 24.8 Å². The van der Waals surface area contributed by atoms with Crippen molar-refractivity contribution >= 4 is 11.3 Å². The fourth-order valence-corrected chi connectivity index (χ4v) is 2.76. The van der Waals surface area contributed by atoms with Gasteiger partial charge in [0.15, 0.2) is 6.04 Å². The van der Waals surface area contributed by atoms with Gasteiger partial charge >= 0.3 is 6.18 Å². The lowest BCUT2D eigenvalue weighted by atomic mass is 9.96. The maximum Gasteiger partial charge on any atom is 0.413 e. The largest absolute Gasteiger partial charge is 0.755 e. The van der Waals surface area contributed by atoms with Crippen LogP contribution in [0.1, 0.15) is 6.92 Å². The summed E-state index contributed by atoms with van der Waals surface area (Å²) in [4.78, 5) is 0. The van der Waals surface area contributed by atoms with E-state index in [0.717, 1.165) is 6.08 Å². The predicted octanol–water partition coefficient (Wildman–Crippen LogP) is 1.96. The number of aliphatic hydroxyl groups excluding tert-OH is 1. The second kappa shape index (κ2) is 6.38. The van der Waals surface area contributed by atoms with Gasteiger partial charge < -0.3 is 9.66 Å². The minimum absolute atomic E-state index is 0.113. The zero-order valence-electron chi connectivity index (χ0n) is 10.6. The Morgan fingerprint density at radius 1 is 1.60 bits per heavy atom. The van der Waals surface area contributed by atoms with Crippen LogP contribution in [0.15, 0.2) is 47.7 Å². The van der Waals surface area contributed by atoms with Crippen molar-refractivity contribution in [2.24, 2.45) is 0 Å². The van der Waals surface area contributed by atoms with Gasteiger partial charge in [-0.3, -0.25) is 8.51 Å². The topological polar surface area (TPSA) is 63.6 Å². The highest BCUT2D eigenvalue weighted by Crippen LogP contribution is 2.39. The molecule has 1 aliphatic rings. The SMILES string of the molecule is C=C/C=C1/C=C(CO)[C@@H](C(F)(F)F)N(S(=O)[O-])/C1=C/C. The summed E-state index contributed by atoms with van der Waals surface area (Å²) in [6, 6.07) is -2.40. The van der Waals surface area contributed by atoms with Crippen LogP contribution in [-0.2, 0) is 11.3 Å². The zero-order chi connectivity index (χ0) is 15.5. The first-order valence-corrected chi connectivity index (χ1v) is 6.57. The van der Waals surface area contributed by atoms with Gasteiger partial charge in [0.2, 0.25) is 0 Å². The van der Waals surface area contributed by atoms with Crippen LogP contribution >= 0.6 is 0 Å². The standard InChI is InChI=1S/C12H14F3NO3S/c1-3-5-8-6-9(7-17)11(12(13,14)15)16(20(18)19)10(8)4-2/h3-6,11,17H,1,7H2,2H3,(H,18,19)/p-1/b8-5-,10-4+/t11-/m0/s1. The van der Waals surface area contributed by atoms with Crippen LogP contribution in [0, 0.1) is 0 Å². The number of nitrogens with zero attached hydrogens (tertiary/aromatic N) is 1. The van der Waals surface area contributed by atoms with E-state index in [0.29, 0.717) is 0 Å². The van der Waals surface area contributed by atoms with Crippen LogP contribution in [0.2, 0.25) is 0 Å². The Labute approximate surface area is 117 Å². The maximum atomic E-state index is 13.1. The van der Waals surface area contributed by atoms with Gasteiger partial charge in [0.25, 0.3) is 0 Å². The molecule has 0 amide bonds. The van der Waals surface area contributed by atoms with Crippen molar-refractivity contribution in [2.75, 3.05) is 6.61 Å². The van der Waals surface area contributed by atoms with Crippen LogP contribution < -0.4 is 0 Å². The summed E-state index contributed by atoms with van der Waals surface area (Å²) in [5.41, 5.74) is -0.325. The number of rotatable bonds is 3. The van der Waals surface area contributed by atoms with Gasteiger partial charge in [-0.15, -0.1) is 0 Å². The van der Waals surface area contributed by atoms with E-state index in [9.17, 15) is 21.9 Å². The first-order chi connectivity index (χ1) is 9.27. The lowest BCUT2D eigenvalue weighted by molar-refractivity contribution is -0.160. The predicted molar refractivity (Wildman–Crippen MR) is 67.8 cm³/mol. The Morgan fingerprint density at radius 3 is 2.55 bits per heavy atom. The molecular weight excluding hydrogens is 295 g/mol. The summed E-state index contributed by atoms with van der Waals surface area (Å²) in [7, 11) is 0. The molecule has 2 atom stereocenters. The lowest BCUT2D eigenvalue weighted by Gasteiger charge is -2.41. The molecule has 0 bridgehead atoms. The van der Waals surface area contributed by atoms with Crippen LogP contribution in [0.3, 0.4) is 0 Å². The highest BCUT2D eigenvalue weighted by molar-refractivity contribution is 7.76. The monoisotopic (exact) mass is 308 g/mol. The van der Waals surface area contributed by atoms with E-state index in [1.54, 1.807) is 0 Å². The van der Waals surface area contributed by atoms with Gasteiger partial charge in [-0.2, -0.15) is 13.2 Å². The van der Waals surface area contributed by atoms with Crippen molar-refractivity contribution in [2.45, 2.75) is 19.1 Å². The average Bonchev–Trinajstić information content (AvgIpc) is 2.35. The Morgan fingerprint density at radius 2 is 2.20 bits per heavy atom. The van der Waals surface area contributed by atoms with E-state index in [4.69, 9.17) is 5.11 Å². The summed E-state index contributed by atoms with van der Waals surface area (Å²) < 4.78 is 61.9. The molecule has 1 N–H and O–H groups in total. The second-order valence-electron chi connectivity index (χ2n) is 3.90. The van der Waals surface area contributed by atoms with Crippen molar-refractivity contribution in [3.05, 3.63) is 47.7 Å². The molecule has 0 spiro atoms. The molecule has 0 aromatic heterocycles. The molecule has 0 aromatic carbocycles. The average molecular weight is 308 g/mol. The maximum absolute atomic E-state index is 13.1. The van der Waals surface area contributed by atoms with Crippen LogP contribution in [0.4, 0.5) is 13.2 Å². The summed E-state index contributed by atoms with van der Waals surface area (Å²) in [5.74, 6) is 0. The normalized spacial score (nSPS) is 25.8. The number of hydrogen-bond acceptors (Lipinski definition) is 3. The molecule has 1 heterocycles. The summed E-state index contributed by atoms with van der Waals surface area (Å²) in [6.45, 7) is 3.95. The molecule has 0 fully saturated rings. The zero-order valence-corrected chi connectivity index (χ0v) is 11.4. The molecule has 0 aromatic rings. The number of aliphatic hydroxyl groups is 1. The van der Waals surface area contributed by atoms with E-state index in [1.807, 2.05) is 0 Å². The molecule has 4 nitrogen and oxygen atoms in total. The van der Waals surface area contributed by atoms with E-state index in [1.165, 1.54) is 25.2 Å². The number of halogens is 3. The van der Waals surface area contributed by atoms with E-state index in [-0.39, 0.29) is 15.6 Å². The first-order valence-electron chi connectivity index (χ1n) is 5.54. The molecule has 1 rings (SSSR count). The third-order valence-electron chi connectivity index (χ3n) is 2.68. The number of hydrogen-bond donors (Lipinski definition) is 1. The third-order valence-corrected chi connectivity index (χ3v) is 3.41. The molecule has 1 aliphatic heterocycles. The van der Waals surface area contributed by atoms with Crippen molar-refractivity contribution < 1.29 is 27.0 Å². The Bertz CT molecular complexity index is 509. The molecule has 8 heteroatoms. The van der Waals surface area contributed by atoms with Gasteiger partial charge in [0.1, 0.15) is 0 Å². The number of alkyl halides is 3. The van der Waals surface area contributed by atoms with Crippen LogP contribution in [0.5, 0.6) is 0 Å². The second-order valence-corrected chi connectivity index (χ2v) is 4.72. The third kappa shape index (κ3) is 3.20. The first kappa shape index (κ1) is 16.7. The minimum atomic E-state index is -4.83. The fraction of sp³-hybridized carbons (Fsp3) is 0.333. The quantitative estimate of drug-likeness (QED) is 0.811. The van der Waals surface area contributed by atoms with E-state index in [2.05, 4.69) is 6.58 Å². The molecule has 112 valence electrons.